The summed E-state index contributed by atoms with van der Waals surface area (Å²) in [5, 5.41) is 4.05. The zero-order valence-electron chi connectivity index (χ0n) is 17.0. The molecule has 2 N–H and O–H groups in total. The van der Waals surface area contributed by atoms with Crippen molar-refractivity contribution in [1.82, 2.24) is 14.3 Å². The van der Waals surface area contributed by atoms with Gasteiger partial charge in [0, 0.05) is 35.5 Å². The lowest BCUT2D eigenvalue weighted by atomic mass is 9.99. The first kappa shape index (κ1) is 22.9. The topological polar surface area (TPSA) is 86.2 Å². The van der Waals surface area contributed by atoms with Gasteiger partial charge in [-0.3, -0.25) is 9.36 Å². The molecule has 1 amide bonds. The largest absolute Gasteiger partial charge is 0.346 e. The van der Waals surface area contributed by atoms with E-state index in [1.807, 2.05) is 24.3 Å². The van der Waals surface area contributed by atoms with Crippen molar-refractivity contribution in [2.75, 3.05) is 18.5 Å². The Labute approximate surface area is 189 Å². The number of halogens is 2. The Morgan fingerprint density at radius 2 is 2.06 bits per heavy atom. The maximum Gasteiger partial charge on any atom is 0.346 e. The third-order valence-corrected chi connectivity index (χ3v) is 6.38. The molecule has 0 bridgehead atoms. The van der Waals surface area contributed by atoms with Crippen LogP contribution < -0.4 is 16.3 Å². The van der Waals surface area contributed by atoms with Gasteiger partial charge in [0.25, 0.3) is 0 Å². The summed E-state index contributed by atoms with van der Waals surface area (Å²) < 4.78 is 15.4. The highest BCUT2D eigenvalue weighted by molar-refractivity contribution is 7.15. The molecule has 0 atom stereocenters. The number of hydrogen-bond donors (Lipinski definition) is 1. The van der Waals surface area contributed by atoms with Crippen LogP contribution in [-0.4, -0.2) is 33.8 Å². The molecule has 3 heterocycles. The Hall–Kier alpha value is -2.75. The molecule has 4 rings (SSSR count). The molecule has 0 aliphatic carbocycles. The Balaban J connectivity index is 0.00000272. The van der Waals surface area contributed by atoms with Gasteiger partial charge < -0.3 is 10.6 Å². The van der Waals surface area contributed by atoms with Gasteiger partial charge in [0.05, 0.1) is 19.4 Å². The van der Waals surface area contributed by atoms with Crippen molar-refractivity contribution in [2.45, 2.75) is 25.9 Å². The highest BCUT2D eigenvalue weighted by Gasteiger charge is 2.21. The van der Waals surface area contributed by atoms with Crippen molar-refractivity contribution >= 4 is 35.3 Å². The Morgan fingerprint density at radius 1 is 1.26 bits per heavy atom. The van der Waals surface area contributed by atoms with E-state index in [0.717, 1.165) is 27.4 Å². The molecule has 10 heteroatoms. The summed E-state index contributed by atoms with van der Waals surface area (Å²) in [6.07, 6.45) is 3.15. The van der Waals surface area contributed by atoms with Crippen LogP contribution in [0.2, 0.25) is 0 Å². The molecule has 0 fully saturated rings. The van der Waals surface area contributed by atoms with Gasteiger partial charge >= 0.3 is 5.69 Å². The summed E-state index contributed by atoms with van der Waals surface area (Å²) >= 11 is 1.61. The van der Waals surface area contributed by atoms with Gasteiger partial charge in [0.2, 0.25) is 5.91 Å². The summed E-state index contributed by atoms with van der Waals surface area (Å²) in [6.45, 7) is 0.471. The van der Waals surface area contributed by atoms with Gasteiger partial charge in [0.1, 0.15) is 6.33 Å². The number of aryl methyl sites for hydroxylation is 1. The first-order valence-electron chi connectivity index (χ1n) is 9.59. The number of nitrogens with two attached hydrogens (primary N) is 1. The zero-order chi connectivity index (χ0) is 21.3. The number of carbonyl (C=O) groups excluding carboxylic acids is 1. The summed E-state index contributed by atoms with van der Waals surface area (Å²) in [4.78, 5) is 28.2. The zero-order valence-corrected chi connectivity index (χ0v) is 18.6. The second-order valence-electron chi connectivity index (χ2n) is 7.23. The van der Waals surface area contributed by atoms with E-state index in [1.54, 1.807) is 23.3 Å². The fourth-order valence-electron chi connectivity index (χ4n) is 3.52. The normalized spacial score (nSPS) is 13.8. The average Bonchev–Trinajstić information content (AvgIpc) is 3.36. The summed E-state index contributed by atoms with van der Waals surface area (Å²) in [5.74, 6) is 0.139. The van der Waals surface area contributed by atoms with E-state index in [1.165, 1.54) is 21.1 Å². The number of thiophene rings is 1. The van der Waals surface area contributed by atoms with Crippen LogP contribution in [0.1, 0.15) is 16.9 Å². The van der Waals surface area contributed by atoms with Crippen LogP contribution in [0.25, 0.3) is 10.4 Å². The van der Waals surface area contributed by atoms with Crippen molar-refractivity contribution in [3.63, 3.8) is 0 Å². The molecule has 1 aromatic carbocycles. The summed E-state index contributed by atoms with van der Waals surface area (Å²) in [7, 11) is 1.81. The minimum atomic E-state index is -0.306. The first-order valence-corrected chi connectivity index (χ1v) is 10.4. The number of nitrogens with zero attached hydrogens (tertiary/aromatic N) is 4. The molecule has 3 aromatic rings. The molecule has 0 radical (unpaired) electrons. The van der Waals surface area contributed by atoms with E-state index >= 15 is 0 Å². The average molecular weight is 464 g/mol. The van der Waals surface area contributed by atoms with Crippen LogP contribution in [0, 0.1) is 0 Å². The molecule has 0 unspecified atom stereocenters. The molecule has 1 aliphatic heterocycles. The predicted octanol–water partition coefficient (Wildman–Crippen LogP) is 2.96. The molecule has 2 aromatic heterocycles. The smallest absolute Gasteiger partial charge is 0.327 e. The number of rotatable bonds is 6. The van der Waals surface area contributed by atoms with Crippen LogP contribution in [0.3, 0.4) is 0 Å². The Bertz CT molecular complexity index is 1180. The van der Waals surface area contributed by atoms with E-state index in [2.05, 4.69) is 11.2 Å². The maximum absolute atomic E-state index is 12.7. The van der Waals surface area contributed by atoms with Crippen LogP contribution in [-0.2, 0) is 24.3 Å². The van der Waals surface area contributed by atoms with Crippen molar-refractivity contribution in [1.29, 1.82) is 0 Å². The highest BCUT2D eigenvalue weighted by atomic mass is 35.5. The number of hydrogen-bond acceptors (Lipinski definition) is 5. The quantitative estimate of drug-likeness (QED) is 0.609. The van der Waals surface area contributed by atoms with E-state index < -0.39 is 0 Å². The SMILES string of the molecule is CN1C(=O)CCc2cc(-c3ccc(Cn4cnn(C/C(=C/F)CN)c4=O)s3)ccc21.Cl. The third kappa shape index (κ3) is 4.63. The second kappa shape index (κ2) is 9.59. The van der Waals surface area contributed by atoms with Crippen molar-refractivity contribution in [2.24, 2.45) is 5.73 Å². The number of fused-ring (bicyclic) bond motifs is 1. The van der Waals surface area contributed by atoms with Crippen LogP contribution in [0.5, 0.6) is 0 Å². The van der Waals surface area contributed by atoms with E-state index in [4.69, 9.17) is 5.73 Å². The molecule has 0 saturated carbocycles. The number of benzene rings is 1. The molecule has 1 aliphatic rings. The Morgan fingerprint density at radius 3 is 2.81 bits per heavy atom. The molecular weight excluding hydrogens is 441 g/mol. The van der Waals surface area contributed by atoms with Crippen LogP contribution in [0.15, 0.2) is 53.4 Å². The van der Waals surface area contributed by atoms with Gasteiger partial charge in [-0.05, 0) is 47.4 Å². The fraction of sp³-hybridized carbons (Fsp3) is 0.286. The lowest BCUT2D eigenvalue weighted by Gasteiger charge is -2.26. The lowest BCUT2D eigenvalue weighted by molar-refractivity contribution is -0.118. The summed E-state index contributed by atoms with van der Waals surface area (Å²) in [5.41, 5.74) is 8.67. The first-order chi connectivity index (χ1) is 14.5. The molecule has 164 valence electrons. The van der Waals surface area contributed by atoms with Gasteiger partial charge in [-0.15, -0.1) is 23.7 Å². The minimum absolute atomic E-state index is 0. The molecule has 0 spiro atoms. The second-order valence-corrected chi connectivity index (χ2v) is 8.40. The molecular formula is C21H23ClFN5O2S. The lowest BCUT2D eigenvalue weighted by Crippen LogP contribution is -2.30. The van der Waals surface area contributed by atoms with Gasteiger partial charge in [-0.1, -0.05) is 6.07 Å². The monoisotopic (exact) mass is 463 g/mol. The standard InChI is InChI=1S/C21H22FN5O2S.ClH/c1-25-18-5-2-16(8-15(18)3-7-20(25)28)19-6-4-17(30-19)12-26-13-24-27(21(26)29)11-14(9-22)10-23;/h2,4-6,8-9,13H,3,7,10-12,23H2,1H3;1H/b14-9+;. The highest BCUT2D eigenvalue weighted by Crippen LogP contribution is 2.34. The minimum Gasteiger partial charge on any atom is -0.327 e. The van der Waals surface area contributed by atoms with E-state index in [0.29, 0.717) is 24.9 Å². The van der Waals surface area contributed by atoms with Gasteiger partial charge in [-0.2, -0.15) is 5.10 Å². The number of anilines is 1. The molecule has 0 saturated heterocycles. The number of aromatic nitrogens is 3. The van der Waals surface area contributed by atoms with E-state index in [9.17, 15) is 14.0 Å². The Kier molecular flexibility index (Phi) is 7.09. The van der Waals surface area contributed by atoms with Gasteiger partial charge in [-0.25, -0.2) is 13.9 Å². The third-order valence-electron chi connectivity index (χ3n) is 5.26. The van der Waals surface area contributed by atoms with Gasteiger partial charge in [0.15, 0.2) is 0 Å². The van der Waals surface area contributed by atoms with E-state index in [-0.39, 0.29) is 37.1 Å². The summed E-state index contributed by atoms with van der Waals surface area (Å²) in [6, 6.07) is 10.2. The predicted molar refractivity (Wildman–Crippen MR) is 123 cm³/mol. The molecule has 31 heavy (non-hydrogen) atoms. The number of carbonyl (C=O) groups is 1. The molecule has 7 nitrogen and oxygen atoms in total. The van der Waals surface area contributed by atoms with Crippen molar-refractivity contribution in [3.05, 3.63) is 69.5 Å². The van der Waals surface area contributed by atoms with Crippen LogP contribution in [0.4, 0.5) is 10.1 Å². The van der Waals surface area contributed by atoms with Crippen molar-refractivity contribution < 1.29 is 9.18 Å². The number of amides is 1. The maximum atomic E-state index is 12.7. The van der Waals surface area contributed by atoms with Crippen LogP contribution >= 0.6 is 23.7 Å². The fourth-order valence-corrected chi connectivity index (χ4v) is 4.52. The van der Waals surface area contributed by atoms with Crippen molar-refractivity contribution in [3.8, 4) is 10.4 Å².